The molecule has 0 aliphatic rings. The summed E-state index contributed by atoms with van der Waals surface area (Å²) in [5, 5.41) is 18.1. The van der Waals surface area contributed by atoms with E-state index in [-0.39, 0.29) is 6.42 Å². The van der Waals surface area contributed by atoms with E-state index in [4.69, 9.17) is 16.7 Å². The van der Waals surface area contributed by atoms with E-state index in [0.29, 0.717) is 10.8 Å². The fourth-order valence-corrected chi connectivity index (χ4v) is 3.18. The first-order valence-corrected chi connectivity index (χ1v) is 7.27. The number of carbonyl (C=O) groups is 1. The number of benzene rings is 1. The van der Waals surface area contributed by atoms with E-state index in [1.54, 1.807) is 12.1 Å². The Bertz CT molecular complexity index is 542. The highest BCUT2D eigenvalue weighted by atomic mass is 35.5. The van der Waals surface area contributed by atoms with E-state index in [9.17, 15) is 4.79 Å². The maximum atomic E-state index is 10.4. The first-order chi connectivity index (χ1) is 8.65. The van der Waals surface area contributed by atoms with Crippen molar-refractivity contribution in [3.8, 4) is 10.6 Å². The molecule has 0 aliphatic carbocycles. The Morgan fingerprint density at radius 1 is 1.33 bits per heavy atom. The summed E-state index contributed by atoms with van der Waals surface area (Å²) in [7, 11) is 0. The molecule has 2 aromatic rings. The summed E-state index contributed by atoms with van der Waals surface area (Å²) in [5.74, 6) is -0.296. The highest BCUT2D eigenvalue weighted by Crippen LogP contribution is 2.30. The van der Waals surface area contributed by atoms with Crippen LogP contribution in [0.5, 0.6) is 0 Å². The van der Waals surface area contributed by atoms with Crippen molar-refractivity contribution in [3.05, 3.63) is 29.3 Å². The Morgan fingerprint density at radius 3 is 2.72 bits per heavy atom. The van der Waals surface area contributed by atoms with E-state index in [2.05, 4.69) is 10.2 Å². The van der Waals surface area contributed by atoms with Gasteiger partial charge in [-0.05, 0) is 12.1 Å². The van der Waals surface area contributed by atoms with Crippen molar-refractivity contribution in [1.29, 1.82) is 0 Å². The van der Waals surface area contributed by atoms with Gasteiger partial charge in [0.15, 0.2) is 4.34 Å². The van der Waals surface area contributed by atoms with Crippen LogP contribution < -0.4 is 0 Å². The number of thioether (sulfide) groups is 1. The van der Waals surface area contributed by atoms with Crippen molar-refractivity contribution >= 4 is 40.7 Å². The molecule has 0 aliphatic heterocycles. The maximum absolute atomic E-state index is 10.4. The molecule has 1 aromatic heterocycles. The largest absolute Gasteiger partial charge is 0.481 e. The molecule has 7 heteroatoms. The topological polar surface area (TPSA) is 63.1 Å². The van der Waals surface area contributed by atoms with E-state index >= 15 is 0 Å². The molecule has 0 atom stereocenters. The van der Waals surface area contributed by atoms with Gasteiger partial charge in [-0.15, -0.1) is 10.2 Å². The Labute approximate surface area is 117 Å². The van der Waals surface area contributed by atoms with Crippen LogP contribution in [-0.4, -0.2) is 27.0 Å². The van der Waals surface area contributed by atoms with Crippen LogP contribution >= 0.6 is 34.7 Å². The van der Waals surface area contributed by atoms with Gasteiger partial charge in [0, 0.05) is 16.3 Å². The van der Waals surface area contributed by atoms with Crippen molar-refractivity contribution in [3.63, 3.8) is 0 Å². The van der Waals surface area contributed by atoms with Crippen molar-refractivity contribution in [1.82, 2.24) is 10.2 Å². The monoisotopic (exact) mass is 300 g/mol. The fraction of sp³-hybridized carbons (Fsp3) is 0.182. The number of hydrogen-bond donors (Lipinski definition) is 1. The lowest BCUT2D eigenvalue weighted by molar-refractivity contribution is -0.136. The number of rotatable bonds is 5. The third kappa shape index (κ3) is 3.69. The lowest BCUT2D eigenvalue weighted by Gasteiger charge is -1.94. The van der Waals surface area contributed by atoms with Gasteiger partial charge in [-0.25, -0.2) is 0 Å². The van der Waals surface area contributed by atoms with Gasteiger partial charge in [-0.2, -0.15) is 0 Å². The standard InChI is InChI=1S/C11H9ClN2O2S2/c12-8-3-1-7(2-4-8)10-13-14-11(18-10)17-6-5-9(15)16/h1-4H,5-6H2,(H,15,16). The number of nitrogens with zero attached hydrogens (tertiary/aromatic N) is 2. The summed E-state index contributed by atoms with van der Waals surface area (Å²) in [5.41, 5.74) is 0.960. The van der Waals surface area contributed by atoms with Crippen LogP contribution in [0.2, 0.25) is 5.02 Å². The van der Waals surface area contributed by atoms with Gasteiger partial charge < -0.3 is 5.11 Å². The van der Waals surface area contributed by atoms with Crippen LogP contribution in [0.3, 0.4) is 0 Å². The molecule has 1 heterocycles. The third-order valence-corrected chi connectivity index (χ3v) is 4.40. The van der Waals surface area contributed by atoms with Gasteiger partial charge in [-0.1, -0.05) is 46.8 Å². The molecule has 0 saturated heterocycles. The second kappa shape index (κ2) is 6.17. The quantitative estimate of drug-likeness (QED) is 0.857. The van der Waals surface area contributed by atoms with E-state index in [0.717, 1.165) is 14.9 Å². The zero-order chi connectivity index (χ0) is 13.0. The lowest BCUT2D eigenvalue weighted by atomic mass is 10.2. The number of halogens is 1. The van der Waals surface area contributed by atoms with E-state index < -0.39 is 5.97 Å². The second-order valence-corrected chi connectivity index (χ2v) is 6.13. The minimum atomic E-state index is -0.801. The normalized spacial score (nSPS) is 10.5. The molecular formula is C11H9ClN2O2S2. The molecule has 0 radical (unpaired) electrons. The molecule has 0 spiro atoms. The SMILES string of the molecule is O=C(O)CCSc1nnc(-c2ccc(Cl)cc2)s1. The second-order valence-electron chi connectivity index (χ2n) is 3.37. The fourth-order valence-electron chi connectivity index (χ4n) is 1.20. The van der Waals surface area contributed by atoms with Crippen LogP contribution in [0.25, 0.3) is 10.6 Å². The third-order valence-electron chi connectivity index (χ3n) is 2.04. The Balaban J connectivity index is 2.01. The predicted octanol–water partition coefficient (Wildman–Crippen LogP) is 3.43. The number of hydrogen-bond acceptors (Lipinski definition) is 5. The molecule has 1 aromatic carbocycles. The summed E-state index contributed by atoms with van der Waals surface area (Å²) < 4.78 is 0.779. The zero-order valence-electron chi connectivity index (χ0n) is 9.17. The van der Waals surface area contributed by atoms with Crippen LogP contribution in [-0.2, 0) is 4.79 Å². The summed E-state index contributed by atoms with van der Waals surface area (Å²) in [6.07, 6.45) is 0.126. The smallest absolute Gasteiger partial charge is 0.304 e. The van der Waals surface area contributed by atoms with Gasteiger partial charge in [0.05, 0.1) is 6.42 Å². The molecule has 0 fully saturated rings. The first kappa shape index (κ1) is 13.3. The molecule has 0 unspecified atom stereocenters. The van der Waals surface area contributed by atoms with Crippen molar-refractivity contribution in [2.45, 2.75) is 10.8 Å². The Hall–Kier alpha value is -1.11. The summed E-state index contributed by atoms with van der Waals surface area (Å²) in [4.78, 5) is 10.4. The van der Waals surface area contributed by atoms with Gasteiger partial charge in [0.1, 0.15) is 5.01 Å². The number of aromatic nitrogens is 2. The maximum Gasteiger partial charge on any atom is 0.304 e. The number of carboxylic acids is 1. The molecule has 4 nitrogen and oxygen atoms in total. The molecular weight excluding hydrogens is 292 g/mol. The Kier molecular flexibility index (Phi) is 4.57. The van der Waals surface area contributed by atoms with Gasteiger partial charge >= 0.3 is 5.97 Å². The highest BCUT2D eigenvalue weighted by Gasteiger charge is 2.07. The van der Waals surface area contributed by atoms with E-state index in [1.807, 2.05) is 12.1 Å². The average Bonchev–Trinajstić information content (AvgIpc) is 2.78. The minimum absolute atomic E-state index is 0.126. The number of carboxylic acid groups (broad SMARTS) is 1. The summed E-state index contributed by atoms with van der Waals surface area (Å²) in [6, 6.07) is 7.37. The van der Waals surface area contributed by atoms with Crippen LogP contribution in [0.15, 0.2) is 28.6 Å². The van der Waals surface area contributed by atoms with Crippen LogP contribution in [0.4, 0.5) is 0 Å². The molecule has 18 heavy (non-hydrogen) atoms. The highest BCUT2D eigenvalue weighted by molar-refractivity contribution is 8.01. The van der Waals surface area contributed by atoms with Gasteiger partial charge in [-0.3, -0.25) is 4.79 Å². The zero-order valence-corrected chi connectivity index (χ0v) is 11.6. The van der Waals surface area contributed by atoms with Crippen LogP contribution in [0, 0.1) is 0 Å². The average molecular weight is 301 g/mol. The van der Waals surface area contributed by atoms with E-state index in [1.165, 1.54) is 23.1 Å². The molecule has 2 rings (SSSR count). The molecule has 94 valence electrons. The summed E-state index contributed by atoms with van der Waals surface area (Å²) in [6.45, 7) is 0. The van der Waals surface area contributed by atoms with Crippen molar-refractivity contribution in [2.24, 2.45) is 0 Å². The minimum Gasteiger partial charge on any atom is -0.481 e. The molecule has 0 amide bonds. The predicted molar refractivity (Wildman–Crippen MR) is 73.3 cm³/mol. The molecule has 0 saturated carbocycles. The summed E-state index contributed by atoms with van der Waals surface area (Å²) >= 11 is 8.66. The molecule has 1 N–H and O–H groups in total. The first-order valence-electron chi connectivity index (χ1n) is 5.09. The van der Waals surface area contributed by atoms with Crippen molar-refractivity contribution in [2.75, 3.05) is 5.75 Å². The van der Waals surface area contributed by atoms with Gasteiger partial charge in [0.25, 0.3) is 0 Å². The number of aliphatic carboxylic acids is 1. The Morgan fingerprint density at radius 2 is 2.06 bits per heavy atom. The van der Waals surface area contributed by atoms with Crippen LogP contribution in [0.1, 0.15) is 6.42 Å². The van der Waals surface area contributed by atoms with Gasteiger partial charge in [0.2, 0.25) is 0 Å². The molecule has 0 bridgehead atoms. The van der Waals surface area contributed by atoms with Crippen molar-refractivity contribution < 1.29 is 9.90 Å². The lowest BCUT2D eigenvalue weighted by Crippen LogP contribution is -1.95.